The Kier molecular flexibility index (Phi) is 8.52. The van der Waals surface area contributed by atoms with Crippen molar-refractivity contribution >= 4 is 6.09 Å². The van der Waals surface area contributed by atoms with Gasteiger partial charge in [0.25, 0.3) is 0 Å². The van der Waals surface area contributed by atoms with Crippen molar-refractivity contribution in [2.45, 2.75) is 38.5 Å². The Balaban J connectivity index is 1.92. The number of rotatable bonds is 9. The van der Waals surface area contributed by atoms with E-state index < -0.39 is 0 Å². The summed E-state index contributed by atoms with van der Waals surface area (Å²) in [6.45, 7) is 4.87. The molecule has 105 valence electrons. The molecule has 0 saturated heterocycles. The zero-order valence-corrected chi connectivity index (χ0v) is 11.6. The van der Waals surface area contributed by atoms with E-state index in [0.29, 0.717) is 13.2 Å². The Hall–Kier alpha value is -1.51. The molecule has 1 N–H and O–H groups in total. The van der Waals surface area contributed by atoms with Crippen molar-refractivity contribution in [3.8, 4) is 0 Å². The molecule has 1 aromatic carbocycles. The van der Waals surface area contributed by atoms with Crippen LogP contribution in [-0.4, -0.2) is 19.2 Å². The molecule has 0 unspecified atom stereocenters. The minimum Gasteiger partial charge on any atom is -0.450 e. The fourth-order valence-electron chi connectivity index (χ4n) is 1.78. The molecule has 0 aliphatic heterocycles. The molecule has 0 aliphatic rings. The minimum absolute atomic E-state index is 0.309. The van der Waals surface area contributed by atoms with Crippen LogP contribution in [0.4, 0.5) is 4.79 Å². The maximum absolute atomic E-state index is 11.2. The molecule has 3 heteroatoms. The van der Waals surface area contributed by atoms with Crippen molar-refractivity contribution < 1.29 is 9.53 Å². The predicted molar refractivity (Wildman–Crippen MR) is 77.9 cm³/mol. The van der Waals surface area contributed by atoms with Gasteiger partial charge in [0.15, 0.2) is 0 Å². The number of nitrogens with one attached hydrogen (secondary N) is 1. The molecular weight excluding hydrogens is 238 g/mol. The Bertz CT molecular complexity index is 338. The van der Waals surface area contributed by atoms with Gasteiger partial charge in [-0.2, -0.15) is 0 Å². The third kappa shape index (κ3) is 8.25. The van der Waals surface area contributed by atoms with Gasteiger partial charge in [0.05, 0.1) is 6.61 Å². The van der Waals surface area contributed by atoms with E-state index in [0.717, 1.165) is 38.5 Å². The van der Waals surface area contributed by atoms with Gasteiger partial charge in [0.2, 0.25) is 0 Å². The van der Waals surface area contributed by atoms with Crippen molar-refractivity contribution in [1.82, 2.24) is 5.32 Å². The number of alkyl carbamates (subject to hydrolysis) is 1. The zero-order valence-electron chi connectivity index (χ0n) is 11.6. The molecule has 0 spiro atoms. The first-order valence-electron chi connectivity index (χ1n) is 7.06. The number of hydrogen-bond acceptors (Lipinski definition) is 2. The molecule has 0 heterocycles. The summed E-state index contributed by atoms with van der Waals surface area (Å²) in [5.41, 5.74) is 1.37. The molecule has 3 nitrogen and oxygen atoms in total. The lowest BCUT2D eigenvalue weighted by atomic mass is 10.1. The van der Waals surface area contributed by atoms with E-state index in [1.54, 1.807) is 0 Å². The molecule has 1 radical (unpaired) electrons. The Morgan fingerprint density at radius 3 is 2.63 bits per heavy atom. The van der Waals surface area contributed by atoms with E-state index in [1.807, 2.05) is 6.07 Å². The average Bonchev–Trinajstić information content (AvgIpc) is 2.44. The Morgan fingerprint density at radius 2 is 1.89 bits per heavy atom. The molecule has 0 aliphatic carbocycles. The second kappa shape index (κ2) is 10.4. The topological polar surface area (TPSA) is 38.3 Å². The van der Waals surface area contributed by atoms with Crippen molar-refractivity contribution in [1.29, 1.82) is 0 Å². The van der Waals surface area contributed by atoms with Crippen molar-refractivity contribution in [2.75, 3.05) is 13.2 Å². The largest absolute Gasteiger partial charge is 0.450 e. The molecule has 1 amide bonds. The maximum Gasteiger partial charge on any atom is 0.407 e. The van der Waals surface area contributed by atoms with Gasteiger partial charge in [-0.05, 0) is 37.7 Å². The summed E-state index contributed by atoms with van der Waals surface area (Å²) < 4.78 is 5.07. The van der Waals surface area contributed by atoms with Gasteiger partial charge in [0, 0.05) is 6.54 Å². The smallest absolute Gasteiger partial charge is 0.407 e. The highest BCUT2D eigenvalue weighted by molar-refractivity contribution is 5.66. The second-order valence-corrected chi connectivity index (χ2v) is 4.57. The molecule has 0 fully saturated rings. The Morgan fingerprint density at radius 1 is 1.11 bits per heavy atom. The summed E-state index contributed by atoms with van der Waals surface area (Å²) in [5.74, 6) is 0. The maximum atomic E-state index is 11.2. The fourth-order valence-corrected chi connectivity index (χ4v) is 1.78. The lowest BCUT2D eigenvalue weighted by Crippen LogP contribution is -2.25. The van der Waals surface area contributed by atoms with Gasteiger partial charge in [0.1, 0.15) is 0 Å². The highest BCUT2D eigenvalue weighted by atomic mass is 16.5. The zero-order chi connectivity index (χ0) is 13.8. The van der Waals surface area contributed by atoms with Crippen molar-refractivity contribution in [3.05, 3.63) is 42.8 Å². The summed E-state index contributed by atoms with van der Waals surface area (Å²) in [4.78, 5) is 11.2. The molecule has 0 atom stereocenters. The van der Waals surface area contributed by atoms with Crippen molar-refractivity contribution in [2.24, 2.45) is 0 Å². The van der Waals surface area contributed by atoms with Crippen LogP contribution in [0.15, 0.2) is 30.3 Å². The van der Waals surface area contributed by atoms with Crippen LogP contribution in [0, 0.1) is 6.92 Å². The first-order valence-corrected chi connectivity index (χ1v) is 7.06. The normalized spacial score (nSPS) is 10.2. The van der Waals surface area contributed by atoms with Crippen LogP contribution in [-0.2, 0) is 11.2 Å². The number of carbonyl (C=O) groups excluding carboxylic acids is 1. The van der Waals surface area contributed by atoms with Gasteiger partial charge < -0.3 is 10.1 Å². The van der Waals surface area contributed by atoms with Crippen LogP contribution in [0.3, 0.4) is 0 Å². The van der Waals surface area contributed by atoms with Crippen LogP contribution < -0.4 is 5.32 Å². The summed E-state index contributed by atoms with van der Waals surface area (Å²) in [7, 11) is 0. The lowest BCUT2D eigenvalue weighted by molar-refractivity contribution is 0.144. The third-order valence-electron chi connectivity index (χ3n) is 2.88. The van der Waals surface area contributed by atoms with E-state index in [4.69, 9.17) is 4.74 Å². The molecule has 19 heavy (non-hydrogen) atoms. The SMILES string of the molecule is [CH2]CCCNC(=O)OCCCCCc1ccccc1. The van der Waals surface area contributed by atoms with Crippen molar-refractivity contribution in [3.63, 3.8) is 0 Å². The molecule has 0 aromatic heterocycles. The van der Waals surface area contributed by atoms with Crippen LogP contribution in [0.1, 0.15) is 37.7 Å². The highest BCUT2D eigenvalue weighted by Gasteiger charge is 2.00. The van der Waals surface area contributed by atoms with E-state index in [9.17, 15) is 4.79 Å². The molecule has 0 saturated carbocycles. The summed E-state index contributed by atoms with van der Waals surface area (Å²) >= 11 is 0. The van der Waals surface area contributed by atoms with Gasteiger partial charge in [-0.25, -0.2) is 4.79 Å². The van der Waals surface area contributed by atoms with Crippen LogP contribution in [0.2, 0.25) is 0 Å². The second-order valence-electron chi connectivity index (χ2n) is 4.57. The van der Waals surface area contributed by atoms with E-state index in [-0.39, 0.29) is 6.09 Å². The summed E-state index contributed by atoms with van der Waals surface area (Å²) in [5, 5.41) is 2.70. The molecular formula is C16H24NO2. The third-order valence-corrected chi connectivity index (χ3v) is 2.88. The number of ether oxygens (including phenoxy) is 1. The monoisotopic (exact) mass is 262 g/mol. The van der Waals surface area contributed by atoms with E-state index >= 15 is 0 Å². The number of aryl methyl sites for hydroxylation is 1. The summed E-state index contributed by atoms with van der Waals surface area (Å²) in [6.07, 6.45) is 5.66. The van der Waals surface area contributed by atoms with Crippen LogP contribution in [0.5, 0.6) is 0 Å². The summed E-state index contributed by atoms with van der Waals surface area (Å²) in [6, 6.07) is 10.5. The highest BCUT2D eigenvalue weighted by Crippen LogP contribution is 2.06. The number of amides is 1. The minimum atomic E-state index is -0.309. The Labute approximate surface area is 116 Å². The molecule has 0 bridgehead atoms. The number of benzene rings is 1. The van der Waals surface area contributed by atoms with Gasteiger partial charge in [-0.3, -0.25) is 0 Å². The van der Waals surface area contributed by atoms with Gasteiger partial charge in [-0.15, -0.1) is 0 Å². The molecule has 1 rings (SSSR count). The van der Waals surface area contributed by atoms with E-state index in [2.05, 4.69) is 36.5 Å². The lowest BCUT2D eigenvalue weighted by Gasteiger charge is -2.06. The first-order chi connectivity index (χ1) is 9.33. The molecule has 1 aromatic rings. The van der Waals surface area contributed by atoms with Crippen LogP contribution >= 0.6 is 0 Å². The predicted octanol–water partition coefficient (Wildman–Crippen LogP) is 3.74. The van der Waals surface area contributed by atoms with Gasteiger partial charge >= 0.3 is 6.09 Å². The fraction of sp³-hybridized carbons (Fsp3) is 0.500. The number of unbranched alkanes of at least 4 members (excludes halogenated alkanes) is 3. The quantitative estimate of drug-likeness (QED) is 0.688. The van der Waals surface area contributed by atoms with Crippen LogP contribution in [0.25, 0.3) is 0 Å². The number of carbonyl (C=O) groups is 1. The van der Waals surface area contributed by atoms with E-state index in [1.165, 1.54) is 5.56 Å². The van der Waals surface area contributed by atoms with Gasteiger partial charge in [-0.1, -0.05) is 43.7 Å². The number of hydrogen-bond donors (Lipinski definition) is 1. The average molecular weight is 262 g/mol. The standard InChI is InChI=1S/C16H24NO2/c1-2-3-13-17-16(18)19-14-9-5-8-12-15-10-6-4-7-11-15/h4,6-7,10-11H,1-3,5,8-9,12-14H2,(H,17,18). The first kappa shape index (κ1) is 15.5.